The summed E-state index contributed by atoms with van der Waals surface area (Å²) in [5, 5.41) is 2.68. The number of ether oxygens (including phenoxy) is 1. The van der Waals surface area contributed by atoms with Gasteiger partial charge in [-0.05, 0) is 18.4 Å². The monoisotopic (exact) mass is 341 g/mol. The van der Waals surface area contributed by atoms with Gasteiger partial charge in [0, 0.05) is 45.1 Å². The van der Waals surface area contributed by atoms with Crippen molar-refractivity contribution in [3.05, 3.63) is 36.0 Å². The van der Waals surface area contributed by atoms with Crippen molar-refractivity contribution in [2.75, 3.05) is 25.5 Å². The summed E-state index contributed by atoms with van der Waals surface area (Å²) in [5.74, 6) is 1.49. The zero-order valence-corrected chi connectivity index (χ0v) is 13.9. The van der Waals surface area contributed by atoms with Gasteiger partial charge >= 0.3 is 0 Å². The SMILES string of the molecule is CN(CC1CCc2nccn2C1)C(=O)c1cnc2c(c1)NC(=O)CO2. The molecule has 0 aliphatic carbocycles. The molecule has 2 amide bonds. The second-order valence-electron chi connectivity index (χ2n) is 6.50. The molecule has 0 fully saturated rings. The highest BCUT2D eigenvalue weighted by Crippen LogP contribution is 2.26. The van der Waals surface area contributed by atoms with E-state index in [-0.39, 0.29) is 18.4 Å². The van der Waals surface area contributed by atoms with Crippen molar-refractivity contribution in [2.24, 2.45) is 5.92 Å². The van der Waals surface area contributed by atoms with E-state index in [2.05, 4.69) is 19.9 Å². The molecule has 0 saturated heterocycles. The van der Waals surface area contributed by atoms with Crippen molar-refractivity contribution in [1.29, 1.82) is 0 Å². The molecule has 1 N–H and O–H groups in total. The third-order valence-electron chi connectivity index (χ3n) is 4.62. The van der Waals surface area contributed by atoms with Gasteiger partial charge in [0.15, 0.2) is 6.61 Å². The van der Waals surface area contributed by atoms with E-state index in [4.69, 9.17) is 4.74 Å². The molecule has 2 aliphatic rings. The van der Waals surface area contributed by atoms with E-state index in [1.165, 1.54) is 6.20 Å². The number of nitrogens with one attached hydrogen (secondary N) is 1. The Labute approximate surface area is 144 Å². The normalized spacial score (nSPS) is 18.6. The maximum Gasteiger partial charge on any atom is 0.262 e. The number of carbonyl (C=O) groups is 2. The van der Waals surface area contributed by atoms with Gasteiger partial charge in [-0.15, -0.1) is 0 Å². The second kappa shape index (κ2) is 6.19. The number of rotatable bonds is 3. The van der Waals surface area contributed by atoms with Crippen LogP contribution in [0.2, 0.25) is 0 Å². The van der Waals surface area contributed by atoms with Crippen LogP contribution in [0.4, 0.5) is 5.69 Å². The number of aryl methyl sites for hydroxylation is 1. The molecule has 0 spiro atoms. The maximum atomic E-state index is 12.7. The van der Waals surface area contributed by atoms with Crippen molar-refractivity contribution < 1.29 is 14.3 Å². The number of nitrogens with zero attached hydrogens (tertiary/aromatic N) is 4. The number of pyridine rings is 1. The number of hydrogen-bond acceptors (Lipinski definition) is 5. The third-order valence-corrected chi connectivity index (χ3v) is 4.62. The van der Waals surface area contributed by atoms with E-state index in [0.29, 0.717) is 29.6 Å². The zero-order valence-electron chi connectivity index (χ0n) is 13.9. The Morgan fingerprint density at radius 1 is 1.48 bits per heavy atom. The van der Waals surface area contributed by atoms with Crippen LogP contribution in [0, 0.1) is 5.92 Å². The van der Waals surface area contributed by atoms with Gasteiger partial charge in [0.2, 0.25) is 5.88 Å². The van der Waals surface area contributed by atoms with E-state index in [1.807, 2.05) is 12.4 Å². The lowest BCUT2D eigenvalue weighted by Crippen LogP contribution is -2.35. The van der Waals surface area contributed by atoms with Crippen LogP contribution in [0.15, 0.2) is 24.7 Å². The summed E-state index contributed by atoms with van der Waals surface area (Å²) in [6.07, 6.45) is 7.25. The Morgan fingerprint density at radius 2 is 2.36 bits per heavy atom. The van der Waals surface area contributed by atoms with Gasteiger partial charge in [-0.25, -0.2) is 9.97 Å². The van der Waals surface area contributed by atoms with Crippen LogP contribution >= 0.6 is 0 Å². The minimum atomic E-state index is -0.245. The quantitative estimate of drug-likeness (QED) is 0.897. The minimum Gasteiger partial charge on any atom is -0.466 e. The molecule has 4 rings (SSSR count). The molecule has 8 heteroatoms. The highest BCUT2D eigenvalue weighted by Gasteiger charge is 2.24. The zero-order chi connectivity index (χ0) is 17.4. The smallest absolute Gasteiger partial charge is 0.262 e. The van der Waals surface area contributed by atoms with E-state index < -0.39 is 0 Å². The lowest BCUT2D eigenvalue weighted by atomic mass is 9.98. The molecule has 2 aromatic heterocycles. The molecule has 25 heavy (non-hydrogen) atoms. The average molecular weight is 341 g/mol. The predicted molar refractivity (Wildman–Crippen MR) is 89.4 cm³/mol. The Hall–Kier alpha value is -2.90. The fourth-order valence-electron chi connectivity index (χ4n) is 3.37. The standard InChI is InChI=1S/C17H19N5O3/c1-21(8-11-2-3-14-18-4-5-22(14)9-11)17(24)12-6-13-16(19-7-12)25-10-15(23)20-13/h4-7,11H,2-3,8-10H2,1H3,(H,20,23). The fourth-order valence-corrected chi connectivity index (χ4v) is 3.37. The van der Waals surface area contributed by atoms with E-state index in [0.717, 1.165) is 25.2 Å². The Morgan fingerprint density at radius 3 is 3.24 bits per heavy atom. The number of hydrogen-bond donors (Lipinski definition) is 1. The van der Waals surface area contributed by atoms with Crippen LogP contribution in [-0.4, -0.2) is 51.4 Å². The van der Waals surface area contributed by atoms with Gasteiger partial charge < -0.3 is 19.5 Å². The van der Waals surface area contributed by atoms with Crippen LogP contribution < -0.4 is 10.1 Å². The van der Waals surface area contributed by atoms with Crippen molar-refractivity contribution in [3.63, 3.8) is 0 Å². The van der Waals surface area contributed by atoms with Crippen LogP contribution in [0.5, 0.6) is 5.88 Å². The Kier molecular flexibility index (Phi) is 3.87. The van der Waals surface area contributed by atoms with E-state index >= 15 is 0 Å². The first-order valence-electron chi connectivity index (χ1n) is 8.28. The van der Waals surface area contributed by atoms with Crippen molar-refractivity contribution in [1.82, 2.24) is 19.4 Å². The molecule has 4 heterocycles. The van der Waals surface area contributed by atoms with Crippen LogP contribution in [0.3, 0.4) is 0 Å². The molecule has 2 aromatic rings. The first-order chi connectivity index (χ1) is 12.1. The molecule has 8 nitrogen and oxygen atoms in total. The molecule has 1 atom stereocenters. The number of amides is 2. The Balaban J connectivity index is 1.44. The number of carbonyl (C=O) groups excluding carboxylic acids is 2. The first-order valence-corrected chi connectivity index (χ1v) is 8.28. The summed E-state index contributed by atoms with van der Waals surface area (Å²) < 4.78 is 7.37. The number of fused-ring (bicyclic) bond motifs is 2. The Bertz CT molecular complexity index is 831. The van der Waals surface area contributed by atoms with Gasteiger partial charge in [0.25, 0.3) is 11.8 Å². The first kappa shape index (κ1) is 15.6. The molecule has 0 saturated carbocycles. The number of aromatic nitrogens is 3. The van der Waals surface area contributed by atoms with Gasteiger partial charge in [0.1, 0.15) is 11.5 Å². The van der Waals surface area contributed by atoms with Crippen LogP contribution in [0.1, 0.15) is 22.6 Å². The average Bonchev–Trinajstić information content (AvgIpc) is 3.08. The lowest BCUT2D eigenvalue weighted by Gasteiger charge is -2.28. The number of anilines is 1. The summed E-state index contributed by atoms with van der Waals surface area (Å²) in [6, 6.07) is 1.62. The summed E-state index contributed by atoms with van der Waals surface area (Å²) in [7, 11) is 1.79. The predicted octanol–water partition coefficient (Wildman–Crippen LogP) is 0.944. The lowest BCUT2D eigenvalue weighted by molar-refractivity contribution is -0.118. The largest absolute Gasteiger partial charge is 0.466 e. The fraction of sp³-hybridized carbons (Fsp3) is 0.412. The topological polar surface area (TPSA) is 89.4 Å². The summed E-state index contributed by atoms with van der Waals surface area (Å²) in [5.41, 5.74) is 0.877. The molecule has 0 radical (unpaired) electrons. The van der Waals surface area contributed by atoms with Gasteiger partial charge in [-0.3, -0.25) is 9.59 Å². The molecule has 0 aromatic carbocycles. The van der Waals surface area contributed by atoms with Gasteiger partial charge in [-0.2, -0.15) is 0 Å². The van der Waals surface area contributed by atoms with Crippen molar-refractivity contribution in [3.8, 4) is 5.88 Å². The molecular formula is C17H19N5O3. The summed E-state index contributed by atoms with van der Waals surface area (Å²) in [4.78, 5) is 34.3. The summed E-state index contributed by atoms with van der Waals surface area (Å²) >= 11 is 0. The van der Waals surface area contributed by atoms with Crippen LogP contribution in [0.25, 0.3) is 0 Å². The number of imidazole rings is 1. The van der Waals surface area contributed by atoms with Gasteiger partial charge in [0.05, 0.1) is 5.56 Å². The van der Waals surface area contributed by atoms with Crippen molar-refractivity contribution in [2.45, 2.75) is 19.4 Å². The highest BCUT2D eigenvalue weighted by atomic mass is 16.5. The third kappa shape index (κ3) is 3.07. The summed E-state index contributed by atoms with van der Waals surface area (Å²) in [6.45, 7) is 1.49. The molecular weight excluding hydrogens is 322 g/mol. The van der Waals surface area contributed by atoms with Crippen molar-refractivity contribution >= 4 is 17.5 Å². The second-order valence-corrected chi connectivity index (χ2v) is 6.50. The molecule has 130 valence electrons. The van der Waals surface area contributed by atoms with E-state index in [1.54, 1.807) is 18.0 Å². The maximum absolute atomic E-state index is 12.7. The van der Waals surface area contributed by atoms with Crippen LogP contribution in [-0.2, 0) is 17.8 Å². The van der Waals surface area contributed by atoms with Gasteiger partial charge in [-0.1, -0.05) is 0 Å². The molecule has 0 bridgehead atoms. The highest BCUT2D eigenvalue weighted by molar-refractivity contribution is 5.99. The molecule has 1 unspecified atom stereocenters. The van der Waals surface area contributed by atoms with E-state index in [9.17, 15) is 9.59 Å². The molecule has 2 aliphatic heterocycles. The minimum absolute atomic E-state index is 0.0505.